The Morgan fingerprint density at radius 1 is 1.21 bits per heavy atom. The molecule has 0 bridgehead atoms. The number of anilines is 1. The van der Waals surface area contributed by atoms with Gasteiger partial charge in [0.25, 0.3) is 5.91 Å². The number of carbonyl (C=O) groups excluding carboxylic acids is 2. The van der Waals surface area contributed by atoms with E-state index in [0.29, 0.717) is 17.0 Å². The van der Waals surface area contributed by atoms with E-state index in [1.54, 1.807) is 30.3 Å². The van der Waals surface area contributed by atoms with Crippen LogP contribution in [0, 0.1) is 10.1 Å². The van der Waals surface area contributed by atoms with Crippen molar-refractivity contribution >= 4 is 43.7 Å². The first-order chi connectivity index (χ1) is 13.3. The van der Waals surface area contributed by atoms with Crippen LogP contribution in [-0.2, 0) is 19.4 Å². The van der Waals surface area contributed by atoms with Gasteiger partial charge in [-0.1, -0.05) is 29.5 Å². The maximum absolute atomic E-state index is 12.7. The second-order valence-corrected chi connectivity index (χ2v) is 8.79. The molecule has 0 spiro atoms. The van der Waals surface area contributed by atoms with E-state index in [2.05, 4.69) is 0 Å². The van der Waals surface area contributed by atoms with Crippen LogP contribution in [0.5, 0.6) is 0 Å². The predicted octanol–water partition coefficient (Wildman–Crippen LogP) is 2.16. The molecule has 1 amide bonds. The van der Waals surface area contributed by atoms with Gasteiger partial charge in [-0.25, -0.2) is 13.2 Å². The minimum Gasteiger partial charge on any atom is -0.451 e. The molecule has 0 fully saturated rings. The van der Waals surface area contributed by atoms with Gasteiger partial charge in [0.1, 0.15) is 4.88 Å². The molecule has 1 atom stereocenters. The van der Waals surface area contributed by atoms with Crippen LogP contribution in [0.2, 0.25) is 0 Å². The Hall–Kier alpha value is -3.05. The number of esters is 1. The number of benzene rings is 1. The maximum atomic E-state index is 12.7. The van der Waals surface area contributed by atoms with E-state index >= 15 is 0 Å². The summed E-state index contributed by atoms with van der Waals surface area (Å²) in [7, 11) is -3.41. The molecule has 2 heterocycles. The molecule has 0 saturated carbocycles. The van der Waals surface area contributed by atoms with Crippen LogP contribution in [0.25, 0.3) is 0 Å². The van der Waals surface area contributed by atoms with Crippen LogP contribution in [0.3, 0.4) is 0 Å². The first-order valence-electron chi connectivity index (χ1n) is 7.96. The summed E-state index contributed by atoms with van der Waals surface area (Å²) < 4.78 is 28.5. The topological polar surface area (TPSA) is 124 Å². The predicted molar refractivity (Wildman–Crippen MR) is 102 cm³/mol. The molecule has 11 heteroatoms. The van der Waals surface area contributed by atoms with Crippen LogP contribution < -0.4 is 4.90 Å². The van der Waals surface area contributed by atoms with E-state index in [4.69, 9.17) is 4.74 Å². The Balaban J connectivity index is 1.73. The summed E-state index contributed by atoms with van der Waals surface area (Å²) in [6, 6.07) is 10.1. The van der Waals surface area contributed by atoms with Gasteiger partial charge in [-0.05, 0) is 24.3 Å². The normalized spacial score (nSPS) is 17.2. The molecule has 146 valence electrons. The van der Waals surface area contributed by atoms with Crippen molar-refractivity contribution in [2.75, 3.05) is 17.3 Å². The smallest absolute Gasteiger partial charge is 0.349 e. The van der Waals surface area contributed by atoms with E-state index in [0.717, 1.165) is 5.41 Å². The van der Waals surface area contributed by atoms with E-state index in [1.807, 2.05) is 0 Å². The van der Waals surface area contributed by atoms with Gasteiger partial charge < -0.3 is 9.64 Å². The minimum absolute atomic E-state index is 0.00546. The molecule has 9 nitrogen and oxygen atoms in total. The molecule has 2 aromatic rings. The van der Waals surface area contributed by atoms with Gasteiger partial charge in [0, 0.05) is 17.2 Å². The van der Waals surface area contributed by atoms with Gasteiger partial charge in [-0.2, -0.15) is 0 Å². The van der Waals surface area contributed by atoms with E-state index < -0.39 is 39.3 Å². The fourth-order valence-electron chi connectivity index (χ4n) is 2.63. The number of amides is 1. The summed E-state index contributed by atoms with van der Waals surface area (Å²) in [6.07, 6.45) is 1.41. The second kappa shape index (κ2) is 7.90. The van der Waals surface area contributed by atoms with Gasteiger partial charge in [-0.15, -0.1) is 0 Å². The Kier molecular flexibility index (Phi) is 5.56. The number of sulfone groups is 1. The Labute approximate surface area is 163 Å². The van der Waals surface area contributed by atoms with Crippen molar-refractivity contribution in [3.05, 3.63) is 68.9 Å². The summed E-state index contributed by atoms with van der Waals surface area (Å²) in [6.45, 7) is -0.635. The highest BCUT2D eigenvalue weighted by Crippen LogP contribution is 2.25. The average Bonchev–Trinajstić information content (AvgIpc) is 3.28. The summed E-state index contributed by atoms with van der Waals surface area (Å²) >= 11 is 0.642. The highest BCUT2D eigenvalue weighted by Gasteiger charge is 2.32. The Morgan fingerprint density at radius 3 is 2.50 bits per heavy atom. The van der Waals surface area contributed by atoms with Crippen LogP contribution in [-0.4, -0.2) is 43.6 Å². The third-order valence-corrected chi connectivity index (χ3v) is 6.24. The summed E-state index contributed by atoms with van der Waals surface area (Å²) in [5.74, 6) is -1.75. The highest BCUT2D eigenvalue weighted by molar-refractivity contribution is 7.94. The number of hydrogen-bond donors (Lipinski definition) is 0. The van der Waals surface area contributed by atoms with E-state index in [1.165, 1.54) is 23.1 Å². The monoisotopic (exact) mass is 422 g/mol. The van der Waals surface area contributed by atoms with Crippen molar-refractivity contribution in [2.45, 2.75) is 6.04 Å². The van der Waals surface area contributed by atoms with Crippen molar-refractivity contribution < 1.29 is 27.7 Å². The van der Waals surface area contributed by atoms with Crippen LogP contribution >= 0.6 is 11.3 Å². The number of nitro groups is 1. The fraction of sp³-hybridized carbons (Fsp3) is 0.176. The van der Waals surface area contributed by atoms with Gasteiger partial charge in [-0.3, -0.25) is 14.9 Å². The van der Waals surface area contributed by atoms with Crippen molar-refractivity contribution in [1.82, 2.24) is 0 Å². The molecule has 0 N–H and O–H groups in total. The molecule has 1 aromatic carbocycles. The van der Waals surface area contributed by atoms with Crippen molar-refractivity contribution in [1.29, 1.82) is 0 Å². The lowest BCUT2D eigenvalue weighted by molar-refractivity contribution is -0.380. The van der Waals surface area contributed by atoms with Gasteiger partial charge in [0.15, 0.2) is 16.4 Å². The summed E-state index contributed by atoms with van der Waals surface area (Å²) in [5.41, 5.74) is 0.460. The fourth-order valence-corrected chi connectivity index (χ4v) is 4.61. The van der Waals surface area contributed by atoms with Crippen molar-refractivity contribution in [3.63, 3.8) is 0 Å². The molecular formula is C17H14N2O7S2. The maximum Gasteiger partial charge on any atom is 0.349 e. The lowest BCUT2D eigenvalue weighted by Crippen LogP contribution is -2.43. The number of carbonyl (C=O) groups is 2. The quantitative estimate of drug-likeness (QED) is 0.397. The number of hydrogen-bond acceptors (Lipinski definition) is 8. The lowest BCUT2D eigenvalue weighted by Gasteiger charge is -2.27. The Morgan fingerprint density at radius 2 is 1.93 bits per heavy atom. The molecule has 0 saturated heterocycles. The van der Waals surface area contributed by atoms with Gasteiger partial charge in [0.2, 0.25) is 0 Å². The molecule has 0 unspecified atom stereocenters. The van der Waals surface area contributed by atoms with E-state index in [9.17, 15) is 28.1 Å². The Bertz CT molecular complexity index is 1040. The molecule has 28 heavy (non-hydrogen) atoms. The average molecular weight is 422 g/mol. The molecule has 1 aromatic heterocycles. The molecule has 0 radical (unpaired) electrons. The van der Waals surface area contributed by atoms with E-state index in [-0.39, 0.29) is 15.6 Å². The number of ether oxygens (including phenoxy) is 1. The SMILES string of the molecule is O=C(OCC(=O)N(c1ccccc1)[C@H]1C=CS(=O)(=O)C1)c1ccc([N+](=O)[O-])s1. The molecule has 0 aliphatic carbocycles. The van der Waals surface area contributed by atoms with Crippen LogP contribution in [0.1, 0.15) is 9.67 Å². The second-order valence-electron chi connectivity index (χ2n) is 5.80. The van der Waals surface area contributed by atoms with Crippen molar-refractivity contribution in [2.24, 2.45) is 0 Å². The number of para-hydroxylation sites is 1. The zero-order valence-corrected chi connectivity index (χ0v) is 15.9. The highest BCUT2D eigenvalue weighted by atomic mass is 32.2. The van der Waals surface area contributed by atoms with Crippen LogP contribution in [0.15, 0.2) is 53.9 Å². The molecular weight excluding hydrogens is 408 g/mol. The van der Waals surface area contributed by atoms with Gasteiger partial charge >= 0.3 is 11.0 Å². The van der Waals surface area contributed by atoms with Crippen LogP contribution in [0.4, 0.5) is 10.7 Å². The largest absolute Gasteiger partial charge is 0.451 e. The first kappa shape index (κ1) is 19.7. The number of nitrogens with zero attached hydrogens (tertiary/aromatic N) is 2. The molecule has 3 rings (SSSR count). The minimum atomic E-state index is -3.41. The summed E-state index contributed by atoms with van der Waals surface area (Å²) in [4.78, 5) is 36.1. The van der Waals surface area contributed by atoms with Crippen molar-refractivity contribution in [3.8, 4) is 0 Å². The zero-order chi connectivity index (χ0) is 20.3. The third kappa shape index (κ3) is 4.43. The standard InChI is InChI=1S/C17H14N2O7S2/c20-15(10-26-17(21)14-6-7-16(27-14)19(22)23)18(12-4-2-1-3-5-12)13-8-9-28(24,25)11-13/h1-9,13H,10-11H2/t13-/m0/s1. The number of rotatable bonds is 6. The number of thiophene rings is 1. The van der Waals surface area contributed by atoms with Gasteiger partial charge in [0.05, 0.1) is 16.7 Å². The third-order valence-electron chi connectivity index (χ3n) is 3.85. The summed E-state index contributed by atoms with van der Waals surface area (Å²) in [5, 5.41) is 11.5. The molecule has 1 aliphatic rings. The molecule has 1 aliphatic heterocycles. The first-order valence-corrected chi connectivity index (χ1v) is 10.5. The lowest BCUT2D eigenvalue weighted by atomic mass is 10.2. The zero-order valence-electron chi connectivity index (χ0n) is 14.3.